The molecule has 0 aromatic heterocycles. The van der Waals surface area contributed by atoms with E-state index in [4.69, 9.17) is 0 Å². The van der Waals surface area contributed by atoms with Gasteiger partial charge in [-0.05, 0) is 32.1 Å². The number of hydrogen-bond donors (Lipinski definition) is 3. The van der Waals surface area contributed by atoms with Gasteiger partial charge < -0.3 is 19.4 Å². The monoisotopic (exact) mass is 448 g/mol. The molecule has 0 aromatic rings. The summed E-state index contributed by atoms with van der Waals surface area (Å²) in [7, 11) is 0.980. The van der Waals surface area contributed by atoms with E-state index in [9.17, 15) is 19.5 Å². The Morgan fingerprint density at radius 2 is 1.13 bits per heavy atom. The van der Waals surface area contributed by atoms with Crippen molar-refractivity contribution in [2.24, 2.45) is 0 Å². The van der Waals surface area contributed by atoms with Crippen molar-refractivity contribution in [2.75, 3.05) is 27.7 Å². The molecule has 5 nitrogen and oxygen atoms in total. The molecule has 0 amide bonds. The van der Waals surface area contributed by atoms with Crippen LogP contribution in [0.3, 0.4) is 0 Å². The Labute approximate surface area is 186 Å². The Morgan fingerprint density at radius 3 is 1.53 bits per heavy atom. The average molecular weight is 449 g/mol. The fraction of sp³-hybridized carbons (Fsp3) is 0.917. The third-order valence-corrected chi connectivity index (χ3v) is 7.06. The van der Waals surface area contributed by atoms with Crippen LogP contribution in [0.2, 0.25) is 0 Å². The molecule has 0 rings (SSSR count). The van der Waals surface area contributed by atoms with E-state index < -0.39 is 12.9 Å². The maximum Gasteiger partial charge on any atom is 0.362 e. The number of likely N-dealkylation sites (N-methyl/N-ethyl adjacent to an activating group) is 1. The van der Waals surface area contributed by atoms with Crippen molar-refractivity contribution < 1.29 is 23.9 Å². The first kappa shape index (κ1) is 29.8. The molecule has 180 valence electrons. The van der Waals surface area contributed by atoms with Gasteiger partial charge in [-0.2, -0.15) is 0 Å². The van der Waals surface area contributed by atoms with Crippen LogP contribution < -0.4 is 0 Å². The molecule has 0 aliphatic rings. The summed E-state index contributed by atoms with van der Waals surface area (Å²) in [5, 5.41) is 8.62. The van der Waals surface area contributed by atoms with Crippen LogP contribution in [0.15, 0.2) is 12.2 Å². The largest absolute Gasteiger partial charge is 0.373 e. The Morgan fingerprint density at radius 1 is 0.733 bits per heavy atom. The van der Waals surface area contributed by atoms with Crippen LogP contribution in [-0.2, 0) is 4.57 Å². The Hall–Kier alpha value is -0.190. The number of aliphatic hydroxyl groups is 1. The fourth-order valence-corrected chi connectivity index (χ4v) is 4.95. The highest BCUT2D eigenvalue weighted by molar-refractivity contribution is 7.53. The first-order chi connectivity index (χ1) is 14.0. The maximum atomic E-state index is 11.8. The van der Waals surface area contributed by atoms with Crippen molar-refractivity contribution in [3.8, 4) is 0 Å². The average Bonchev–Trinajstić information content (AvgIpc) is 2.62. The zero-order valence-electron chi connectivity index (χ0n) is 20.3. The van der Waals surface area contributed by atoms with E-state index in [0.717, 1.165) is 12.8 Å². The number of rotatable bonds is 20. The summed E-state index contributed by atoms with van der Waals surface area (Å²) in [5.41, 5.74) is 0. The molecule has 0 saturated carbocycles. The minimum Gasteiger partial charge on any atom is -0.373 e. The molecule has 0 bridgehead atoms. The molecule has 6 heteroatoms. The van der Waals surface area contributed by atoms with Gasteiger partial charge in [-0.3, -0.25) is 4.57 Å². The normalized spacial score (nSPS) is 15.0. The molecule has 0 aliphatic heterocycles. The second-order valence-corrected chi connectivity index (χ2v) is 11.9. The van der Waals surface area contributed by atoms with E-state index in [-0.39, 0.29) is 13.0 Å². The third kappa shape index (κ3) is 16.5. The molecule has 0 saturated heterocycles. The van der Waals surface area contributed by atoms with Crippen LogP contribution in [0, 0.1) is 0 Å². The van der Waals surface area contributed by atoms with Gasteiger partial charge in [0.2, 0.25) is 5.34 Å². The molecule has 0 heterocycles. The van der Waals surface area contributed by atoms with E-state index >= 15 is 0 Å². The number of nitrogens with zero attached hydrogens (tertiary/aromatic N) is 1. The van der Waals surface area contributed by atoms with Crippen molar-refractivity contribution in [1.29, 1.82) is 0 Å². The number of quaternary nitrogens is 1. The lowest BCUT2D eigenvalue weighted by molar-refractivity contribution is -0.875. The Kier molecular flexibility index (Phi) is 16.3. The fourth-order valence-electron chi connectivity index (χ4n) is 3.90. The van der Waals surface area contributed by atoms with Crippen molar-refractivity contribution in [1.82, 2.24) is 0 Å². The van der Waals surface area contributed by atoms with E-state index in [2.05, 4.69) is 19.1 Å². The SMILES string of the molecule is CCCC/C=C\CCCCCCCCCCCCCC(O)(C[N+](C)(C)C)P(=O)(O)O. The lowest BCUT2D eigenvalue weighted by atomic mass is 10.0. The van der Waals surface area contributed by atoms with Crippen LogP contribution in [-0.4, -0.2) is 52.4 Å². The van der Waals surface area contributed by atoms with Crippen LogP contribution in [0.4, 0.5) is 0 Å². The highest BCUT2D eigenvalue weighted by Crippen LogP contribution is 2.52. The number of unbranched alkanes of at least 4 members (excludes halogenated alkanes) is 13. The number of allylic oxidation sites excluding steroid dienone is 2. The molecule has 1 atom stereocenters. The highest BCUT2D eigenvalue weighted by Gasteiger charge is 2.48. The van der Waals surface area contributed by atoms with Gasteiger partial charge in [0.05, 0.1) is 21.1 Å². The Bertz CT molecular complexity index is 484. The smallest absolute Gasteiger partial charge is 0.362 e. The number of hydrogen-bond acceptors (Lipinski definition) is 2. The first-order valence-electron chi connectivity index (χ1n) is 12.3. The Balaban J connectivity index is 3.63. The predicted molar refractivity (Wildman–Crippen MR) is 129 cm³/mol. The molecule has 0 aromatic carbocycles. The molecule has 0 fully saturated rings. The maximum absolute atomic E-state index is 11.8. The summed E-state index contributed by atoms with van der Waals surface area (Å²) in [6.07, 6.45) is 22.9. The summed E-state index contributed by atoms with van der Waals surface area (Å²) < 4.78 is 12.1. The molecule has 0 spiro atoms. The van der Waals surface area contributed by atoms with E-state index in [0.29, 0.717) is 10.9 Å². The van der Waals surface area contributed by atoms with Gasteiger partial charge in [-0.15, -0.1) is 0 Å². The quantitative estimate of drug-likeness (QED) is 0.0874. The molecular formula is C24H51NO4P+. The molecule has 1 unspecified atom stereocenters. The lowest BCUT2D eigenvalue weighted by Gasteiger charge is -2.35. The van der Waals surface area contributed by atoms with Gasteiger partial charge in [-0.25, -0.2) is 0 Å². The van der Waals surface area contributed by atoms with E-state index in [1.165, 1.54) is 77.0 Å². The van der Waals surface area contributed by atoms with Crippen molar-refractivity contribution in [3.63, 3.8) is 0 Å². The highest BCUT2D eigenvalue weighted by atomic mass is 31.2. The van der Waals surface area contributed by atoms with Gasteiger partial charge in [0.1, 0.15) is 6.54 Å². The standard InChI is InChI=1S/C24H50NO4P/c1-5-6-7-8-9-10-11-12-13-14-15-16-17-18-19-20-21-22-24(26,30(27,28)29)23-25(2,3)4/h8-9,26H,5-7,10-23H2,1-4H3,(H-,27,28,29)/p+1/b9-8-. The zero-order valence-corrected chi connectivity index (χ0v) is 21.2. The van der Waals surface area contributed by atoms with Crippen molar-refractivity contribution >= 4 is 7.60 Å². The minimum absolute atomic E-state index is 0.0619. The topological polar surface area (TPSA) is 77.8 Å². The third-order valence-electron chi connectivity index (χ3n) is 5.61. The van der Waals surface area contributed by atoms with Gasteiger partial charge in [0, 0.05) is 0 Å². The predicted octanol–water partition coefficient (Wildman–Crippen LogP) is 6.38. The van der Waals surface area contributed by atoms with Gasteiger partial charge in [0.15, 0.2) is 0 Å². The van der Waals surface area contributed by atoms with Crippen molar-refractivity contribution in [3.05, 3.63) is 12.2 Å². The summed E-state index contributed by atoms with van der Waals surface area (Å²) in [4.78, 5) is 19.2. The summed E-state index contributed by atoms with van der Waals surface area (Å²) in [5.74, 6) is 0. The lowest BCUT2D eigenvalue weighted by Crippen LogP contribution is -2.49. The second kappa shape index (κ2) is 16.4. The zero-order chi connectivity index (χ0) is 22.9. The van der Waals surface area contributed by atoms with Gasteiger partial charge >= 0.3 is 7.60 Å². The second-order valence-electron chi connectivity index (χ2n) is 10.0. The van der Waals surface area contributed by atoms with Crippen LogP contribution in [0.1, 0.15) is 110 Å². The van der Waals surface area contributed by atoms with E-state index in [1.54, 1.807) is 0 Å². The molecular weight excluding hydrogens is 397 g/mol. The van der Waals surface area contributed by atoms with Crippen LogP contribution in [0.5, 0.6) is 0 Å². The van der Waals surface area contributed by atoms with Crippen molar-refractivity contribution in [2.45, 2.75) is 115 Å². The molecule has 30 heavy (non-hydrogen) atoms. The summed E-state index contributed by atoms with van der Waals surface area (Å²) >= 11 is 0. The van der Waals surface area contributed by atoms with Crippen LogP contribution in [0.25, 0.3) is 0 Å². The summed E-state index contributed by atoms with van der Waals surface area (Å²) in [6, 6.07) is 0. The van der Waals surface area contributed by atoms with Gasteiger partial charge in [-0.1, -0.05) is 89.7 Å². The molecule has 0 aliphatic carbocycles. The molecule has 3 N–H and O–H groups in total. The summed E-state index contributed by atoms with van der Waals surface area (Å²) in [6.45, 7) is 2.30. The molecule has 0 radical (unpaired) electrons. The first-order valence-corrected chi connectivity index (χ1v) is 13.9. The van der Waals surface area contributed by atoms with Gasteiger partial charge in [0.25, 0.3) is 0 Å². The van der Waals surface area contributed by atoms with E-state index in [1.807, 2.05) is 21.1 Å². The minimum atomic E-state index is -4.54. The van der Waals surface area contributed by atoms with Crippen LogP contribution >= 0.6 is 7.60 Å².